The van der Waals surface area contributed by atoms with Gasteiger partial charge in [-0.2, -0.15) is 0 Å². The first-order valence-electron chi connectivity index (χ1n) is 1.36. The molecule has 0 fully saturated rings. The van der Waals surface area contributed by atoms with Crippen molar-refractivity contribution in [3.05, 3.63) is 12.7 Å². The summed E-state index contributed by atoms with van der Waals surface area (Å²) >= 11 is 5.26. The van der Waals surface area contributed by atoms with E-state index in [4.69, 9.17) is 11.2 Å². The van der Waals surface area contributed by atoms with Crippen LogP contribution in [0.5, 0.6) is 0 Å². The molecule has 0 bridgehead atoms. The minimum Gasteiger partial charge on any atom is -0.103 e. The summed E-state index contributed by atoms with van der Waals surface area (Å²) in [6.07, 6.45) is 2.76. The van der Waals surface area contributed by atoms with Gasteiger partial charge in [-0.3, -0.25) is 0 Å². The monoisotopic (exact) mass is 166 g/mol. The maximum absolute atomic E-state index is 5.26. The van der Waals surface area contributed by atoms with Crippen LogP contribution in [0.4, 0.5) is 0 Å². The second-order valence-corrected chi connectivity index (χ2v) is 2.10. The number of halogens is 1. The van der Waals surface area contributed by atoms with Crippen molar-refractivity contribution in [2.24, 2.45) is 0 Å². The molecule has 1 unspecified atom stereocenters. The van der Waals surface area contributed by atoms with E-state index >= 15 is 0 Å². The predicted octanol–water partition coefficient (Wildman–Crippen LogP) is 2.00. The first-order valence-corrected chi connectivity index (χ1v) is 3.58. The van der Waals surface area contributed by atoms with E-state index in [9.17, 15) is 0 Å². The van der Waals surface area contributed by atoms with Crippen molar-refractivity contribution in [2.45, 2.75) is 0 Å². The standard InChI is InChI=1S/C3H6ClP.Ni/c1-2-3-5-4;/h2,5H,1,3H2;. The molecule has 0 nitrogen and oxygen atoms in total. The second-order valence-electron chi connectivity index (χ2n) is 0.626. The Morgan fingerprint density at radius 1 is 1.83 bits per heavy atom. The normalized spacial score (nSPS) is 8.17. The van der Waals surface area contributed by atoms with Crippen LogP contribution in [-0.4, -0.2) is 6.16 Å². The molecule has 0 radical (unpaired) electrons. The molecule has 0 amide bonds. The molecule has 0 aromatic rings. The maximum Gasteiger partial charge on any atom is 0 e. The SMILES string of the molecule is C=CCPCl.[Ni]. The first-order chi connectivity index (χ1) is 2.41. The second kappa shape index (κ2) is 9.35. The van der Waals surface area contributed by atoms with Crippen molar-refractivity contribution >= 4 is 19.2 Å². The van der Waals surface area contributed by atoms with Crippen LogP contribution in [0.3, 0.4) is 0 Å². The van der Waals surface area contributed by atoms with Gasteiger partial charge < -0.3 is 0 Å². The summed E-state index contributed by atoms with van der Waals surface area (Å²) in [6, 6.07) is 0. The molecule has 3 heteroatoms. The molecule has 0 aliphatic carbocycles. The number of allylic oxidation sites excluding steroid dienone is 1. The van der Waals surface area contributed by atoms with Gasteiger partial charge in [0, 0.05) is 16.5 Å². The summed E-state index contributed by atoms with van der Waals surface area (Å²) in [6.45, 7) is 3.47. The van der Waals surface area contributed by atoms with Gasteiger partial charge in [-0.1, -0.05) is 17.3 Å². The number of rotatable bonds is 2. The van der Waals surface area contributed by atoms with E-state index in [0.717, 1.165) is 6.16 Å². The van der Waals surface area contributed by atoms with Gasteiger partial charge in [-0.25, -0.2) is 0 Å². The molecule has 0 aliphatic heterocycles. The molecule has 1 atom stereocenters. The third kappa shape index (κ3) is 8.88. The average Bonchev–Trinajstić information content (AvgIpc) is 1.41. The molecule has 0 aromatic heterocycles. The van der Waals surface area contributed by atoms with E-state index in [0.29, 0.717) is 7.93 Å². The fraction of sp³-hybridized carbons (Fsp3) is 0.333. The molecule has 0 saturated carbocycles. The van der Waals surface area contributed by atoms with Crippen LogP contribution in [0.1, 0.15) is 0 Å². The van der Waals surface area contributed by atoms with Crippen LogP contribution in [0.15, 0.2) is 12.7 Å². The molecular weight excluding hydrogens is 161 g/mol. The summed E-state index contributed by atoms with van der Waals surface area (Å²) in [5, 5.41) is 0. The van der Waals surface area contributed by atoms with Gasteiger partial charge in [0.2, 0.25) is 0 Å². The summed E-state index contributed by atoms with van der Waals surface area (Å²) in [4.78, 5) is 0. The molecule has 0 aliphatic rings. The summed E-state index contributed by atoms with van der Waals surface area (Å²) < 4.78 is 0. The van der Waals surface area contributed by atoms with Crippen LogP contribution in [0, 0.1) is 0 Å². The van der Waals surface area contributed by atoms with E-state index < -0.39 is 0 Å². The Bertz CT molecular complexity index is 32.0. The zero-order valence-electron chi connectivity index (χ0n) is 3.19. The zero-order chi connectivity index (χ0) is 4.12. The number of hydrogen-bond donors (Lipinski definition) is 0. The molecular formula is C3H6ClNiP. The average molecular weight is 167 g/mol. The Labute approximate surface area is 54.8 Å². The Kier molecular flexibility index (Phi) is 15.6. The fourth-order valence-electron chi connectivity index (χ4n) is 0.0546. The molecule has 40 valence electrons. The largest absolute Gasteiger partial charge is 0.103 e. The number of hydrogen-bond acceptors (Lipinski definition) is 0. The van der Waals surface area contributed by atoms with Gasteiger partial charge in [0.25, 0.3) is 0 Å². The van der Waals surface area contributed by atoms with E-state index in [1.54, 1.807) is 0 Å². The zero-order valence-corrected chi connectivity index (χ0v) is 5.93. The van der Waals surface area contributed by atoms with Crippen LogP contribution < -0.4 is 0 Å². The van der Waals surface area contributed by atoms with Crippen LogP contribution in [-0.2, 0) is 16.5 Å². The maximum atomic E-state index is 5.26. The molecule has 0 heterocycles. The molecule has 0 N–H and O–H groups in total. The molecule has 0 saturated heterocycles. The van der Waals surface area contributed by atoms with E-state index in [2.05, 4.69) is 6.58 Å². The van der Waals surface area contributed by atoms with E-state index in [-0.39, 0.29) is 16.5 Å². The fourth-order valence-corrected chi connectivity index (χ4v) is 0.491. The van der Waals surface area contributed by atoms with Crippen LogP contribution in [0.2, 0.25) is 0 Å². The van der Waals surface area contributed by atoms with Gasteiger partial charge in [0.05, 0.1) is 0 Å². The van der Waals surface area contributed by atoms with Gasteiger partial charge in [-0.05, 0) is 14.1 Å². The van der Waals surface area contributed by atoms with E-state index in [1.807, 2.05) is 6.08 Å². The topological polar surface area (TPSA) is 0 Å². The van der Waals surface area contributed by atoms with Crippen molar-refractivity contribution in [3.63, 3.8) is 0 Å². The summed E-state index contributed by atoms with van der Waals surface area (Å²) in [7, 11) is 0.512. The smallest absolute Gasteiger partial charge is 0 e. The van der Waals surface area contributed by atoms with Crippen molar-refractivity contribution in [2.75, 3.05) is 6.16 Å². The predicted molar refractivity (Wildman–Crippen MR) is 29.2 cm³/mol. The van der Waals surface area contributed by atoms with Gasteiger partial charge >= 0.3 is 0 Å². The first kappa shape index (κ1) is 10.0. The third-order valence-corrected chi connectivity index (χ3v) is 1.13. The minimum atomic E-state index is 0. The van der Waals surface area contributed by atoms with E-state index in [1.165, 1.54) is 0 Å². The van der Waals surface area contributed by atoms with Crippen LogP contribution >= 0.6 is 19.2 Å². The summed E-state index contributed by atoms with van der Waals surface area (Å²) in [5.74, 6) is 0. The third-order valence-electron chi connectivity index (χ3n) is 0.221. The van der Waals surface area contributed by atoms with Gasteiger partial charge in [0.1, 0.15) is 0 Å². The van der Waals surface area contributed by atoms with Crippen molar-refractivity contribution in [1.29, 1.82) is 0 Å². The van der Waals surface area contributed by atoms with Crippen LogP contribution in [0.25, 0.3) is 0 Å². The Morgan fingerprint density at radius 3 is 2.33 bits per heavy atom. The van der Waals surface area contributed by atoms with Crippen molar-refractivity contribution in [3.8, 4) is 0 Å². The Balaban J connectivity index is 0. The van der Waals surface area contributed by atoms with Crippen molar-refractivity contribution in [1.82, 2.24) is 0 Å². The quantitative estimate of drug-likeness (QED) is 0.335. The Hall–Kier alpha value is 0.954. The van der Waals surface area contributed by atoms with Gasteiger partial charge in [-0.15, -0.1) is 6.58 Å². The molecule has 0 aromatic carbocycles. The van der Waals surface area contributed by atoms with Crippen molar-refractivity contribution < 1.29 is 16.5 Å². The molecule has 0 spiro atoms. The molecule has 0 rings (SSSR count). The minimum absolute atomic E-state index is 0. The van der Waals surface area contributed by atoms with Gasteiger partial charge in [0.15, 0.2) is 0 Å². The summed E-state index contributed by atoms with van der Waals surface area (Å²) in [5.41, 5.74) is 0. The molecule has 6 heavy (non-hydrogen) atoms. The Morgan fingerprint density at radius 2 is 2.33 bits per heavy atom.